The summed E-state index contributed by atoms with van der Waals surface area (Å²) >= 11 is 2.79. The smallest absolute Gasteiger partial charge is 0.337 e. The molecule has 0 spiro atoms. The number of carbonyl (C=O) groups is 2. The number of amides is 1. The average Bonchev–Trinajstić information content (AvgIpc) is 3.31. The minimum atomic E-state index is -0.419. The van der Waals surface area contributed by atoms with E-state index in [1.54, 1.807) is 40.2 Å². The molecule has 2 aromatic heterocycles. The van der Waals surface area contributed by atoms with Crippen molar-refractivity contribution in [3.8, 4) is 5.69 Å². The summed E-state index contributed by atoms with van der Waals surface area (Å²) in [5, 5.41) is 5.18. The number of esters is 1. The van der Waals surface area contributed by atoms with Crippen LogP contribution in [-0.4, -0.2) is 40.5 Å². The van der Waals surface area contributed by atoms with E-state index in [9.17, 15) is 14.4 Å². The Hall–Kier alpha value is -3.76. The Morgan fingerprint density at radius 1 is 1.14 bits per heavy atom. The lowest BCUT2D eigenvalue weighted by molar-refractivity contribution is -0.118. The van der Waals surface area contributed by atoms with Gasteiger partial charge in [0.2, 0.25) is 0 Å². The van der Waals surface area contributed by atoms with Crippen molar-refractivity contribution in [2.24, 2.45) is 5.10 Å². The van der Waals surface area contributed by atoms with Gasteiger partial charge in [0.05, 0.1) is 35.7 Å². The molecule has 0 saturated carbocycles. The summed E-state index contributed by atoms with van der Waals surface area (Å²) in [5.74, 6) is -0.710. The molecule has 2 aromatic carbocycles. The highest BCUT2D eigenvalue weighted by Gasteiger charge is 2.23. The fraction of sp³-hybridized carbons (Fsp3) is 0.222. The molecule has 0 aliphatic heterocycles. The summed E-state index contributed by atoms with van der Waals surface area (Å²) in [6.07, 6.45) is 5.58. The standard InChI is InChI=1S/C27H24N4O4S2/c1-35-26(34)18-13-11-17(12-14-18)15-28-30-22(32)16-36-27-29-24-23(20-9-5-6-10-21(20)37-24)25(33)31(27)19-7-3-2-4-8-19/h2-4,7-8,11-15H,5-6,9-10,16H2,1H3,(H,30,32). The average molecular weight is 533 g/mol. The van der Waals surface area contributed by atoms with E-state index in [2.05, 4.69) is 15.3 Å². The van der Waals surface area contributed by atoms with Crippen LogP contribution in [0.2, 0.25) is 0 Å². The Morgan fingerprint density at radius 3 is 2.65 bits per heavy atom. The highest BCUT2D eigenvalue weighted by atomic mass is 32.2. The minimum Gasteiger partial charge on any atom is -0.465 e. The van der Waals surface area contributed by atoms with Gasteiger partial charge < -0.3 is 4.74 Å². The first-order valence-corrected chi connectivity index (χ1v) is 13.6. The van der Waals surface area contributed by atoms with Crippen molar-refractivity contribution < 1.29 is 14.3 Å². The molecular weight excluding hydrogens is 508 g/mol. The van der Waals surface area contributed by atoms with Crippen LogP contribution in [-0.2, 0) is 22.4 Å². The van der Waals surface area contributed by atoms with Crippen LogP contribution in [0.15, 0.2) is 69.6 Å². The molecule has 10 heteroatoms. The number of hydrogen-bond acceptors (Lipinski definition) is 8. The van der Waals surface area contributed by atoms with Crippen LogP contribution in [0, 0.1) is 0 Å². The second-order valence-corrected chi connectivity index (χ2v) is 10.5. The summed E-state index contributed by atoms with van der Waals surface area (Å²) in [5.41, 5.74) is 5.41. The predicted octanol–water partition coefficient (Wildman–Crippen LogP) is 4.36. The maximum atomic E-state index is 13.7. The first-order chi connectivity index (χ1) is 18.0. The van der Waals surface area contributed by atoms with E-state index in [1.807, 2.05) is 30.3 Å². The fourth-order valence-electron chi connectivity index (χ4n) is 4.25. The Morgan fingerprint density at radius 2 is 1.89 bits per heavy atom. The number of fused-ring (bicyclic) bond motifs is 3. The molecule has 0 bridgehead atoms. The Labute approximate surface area is 221 Å². The molecule has 1 amide bonds. The maximum absolute atomic E-state index is 13.7. The van der Waals surface area contributed by atoms with E-state index in [-0.39, 0.29) is 17.2 Å². The number of hydrazone groups is 1. The Kier molecular flexibility index (Phi) is 7.47. The van der Waals surface area contributed by atoms with Crippen LogP contribution < -0.4 is 11.0 Å². The number of aryl methyl sites for hydroxylation is 2. The molecule has 5 rings (SSSR count). The number of thiophene rings is 1. The van der Waals surface area contributed by atoms with Gasteiger partial charge in [-0.05, 0) is 61.1 Å². The lowest BCUT2D eigenvalue weighted by atomic mass is 9.97. The van der Waals surface area contributed by atoms with Gasteiger partial charge in [-0.3, -0.25) is 14.2 Å². The first-order valence-electron chi connectivity index (χ1n) is 11.8. The molecule has 2 heterocycles. The number of benzene rings is 2. The topological polar surface area (TPSA) is 103 Å². The van der Waals surface area contributed by atoms with Crippen molar-refractivity contribution >= 4 is 51.4 Å². The van der Waals surface area contributed by atoms with E-state index in [1.165, 1.54) is 30.0 Å². The second kappa shape index (κ2) is 11.1. The van der Waals surface area contributed by atoms with Crippen molar-refractivity contribution in [2.75, 3.05) is 12.9 Å². The Bertz CT molecular complexity index is 1540. The summed E-state index contributed by atoms with van der Waals surface area (Å²) in [6.45, 7) is 0. The number of nitrogens with zero attached hydrogens (tertiary/aromatic N) is 3. The van der Waals surface area contributed by atoms with Crippen molar-refractivity contribution in [1.29, 1.82) is 0 Å². The lowest BCUT2D eigenvalue weighted by Crippen LogP contribution is -2.24. The fourth-order valence-corrected chi connectivity index (χ4v) is 6.36. The monoisotopic (exact) mass is 532 g/mol. The van der Waals surface area contributed by atoms with Gasteiger partial charge >= 0.3 is 5.97 Å². The quantitative estimate of drug-likeness (QED) is 0.125. The summed E-state index contributed by atoms with van der Waals surface area (Å²) in [4.78, 5) is 44.6. The maximum Gasteiger partial charge on any atom is 0.337 e. The van der Waals surface area contributed by atoms with Crippen molar-refractivity contribution in [3.63, 3.8) is 0 Å². The number of para-hydroxylation sites is 1. The summed E-state index contributed by atoms with van der Waals surface area (Å²) in [7, 11) is 1.33. The number of nitrogens with one attached hydrogen (secondary N) is 1. The molecule has 0 radical (unpaired) electrons. The van der Waals surface area contributed by atoms with Crippen LogP contribution in [0.4, 0.5) is 0 Å². The van der Waals surface area contributed by atoms with Crippen LogP contribution in [0.1, 0.15) is 39.2 Å². The molecule has 0 fully saturated rings. The zero-order valence-electron chi connectivity index (χ0n) is 20.1. The molecule has 0 atom stereocenters. The zero-order chi connectivity index (χ0) is 25.8. The van der Waals surface area contributed by atoms with Gasteiger partial charge in [-0.15, -0.1) is 11.3 Å². The molecule has 8 nitrogen and oxygen atoms in total. The van der Waals surface area contributed by atoms with E-state index < -0.39 is 5.97 Å². The summed E-state index contributed by atoms with van der Waals surface area (Å²) < 4.78 is 6.29. The van der Waals surface area contributed by atoms with Gasteiger partial charge in [0, 0.05) is 4.88 Å². The van der Waals surface area contributed by atoms with Gasteiger partial charge in [-0.2, -0.15) is 5.10 Å². The van der Waals surface area contributed by atoms with E-state index >= 15 is 0 Å². The summed E-state index contributed by atoms with van der Waals surface area (Å²) in [6, 6.07) is 16.0. The van der Waals surface area contributed by atoms with Gasteiger partial charge in [-0.25, -0.2) is 15.2 Å². The highest BCUT2D eigenvalue weighted by Crippen LogP contribution is 2.35. The molecule has 0 unspecified atom stereocenters. The van der Waals surface area contributed by atoms with Gasteiger partial charge in [0.1, 0.15) is 4.83 Å². The molecule has 37 heavy (non-hydrogen) atoms. The van der Waals surface area contributed by atoms with Crippen LogP contribution in [0.5, 0.6) is 0 Å². The van der Waals surface area contributed by atoms with Crippen molar-refractivity contribution in [1.82, 2.24) is 15.0 Å². The van der Waals surface area contributed by atoms with Gasteiger partial charge in [0.15, 0.2) is 5.16 Å². The van der Waals surface area contributed by atoms with Crippen molar-refractivity contribution in [3.05, 3.63) is 86.5 Å². The SMILES string of the molecule is COC(=O)c1ccc(C=NNC(=O)CSc2nc3sc4c(c3c(=O)n2-c2ccccc2)CCCC4)cc1. The number of rotatable bonds is 7. The third kappa shape index (κ3) is 5.35. The lowest BCUT2D eigenvalue weighted by Gasteiger charge is -2.13. The molecule has 1 aliphatic rings. The number of thioether (sulfide) groups is 1. The van der Waals surface area contributed by atoms with Crippen LogP contribution in [0.3, 0.4) is 0 Å². The van der Waals surface area contributed by atoms with E-state index in [0.29, 0.717) is 27.4 Å². The molecule has 188 valence electrons. The number of methoxy groups -OCH3 is 1. The van der Waals surface area contributed by atoms with Crippen LogP contribution >= 0.6 is 23.1 Å². The third-order valence-electron chi connectivity index (χ3n) is 6.04. The molecule has 4 aromatic rings. The molecule has 1 N–H and O–H groups in total. The zero-order valence-corrected chi connectivity index (χ0v) is 21.7. The number of aromatic nitrogens is 2. The Balaban J connectivity index is 1.34. The predicted molar refractivity (Wildman–Crippen MR) is 146 cm³/mol. The number of ether oxygens (including phenoxy) is 1. The number of carbonyl (C=O) groups excluding carboxylic acids is 2. The first kappa shape index (κ1) is 24.9. The third-order valence-corrected chi connectivity index (χ3v) is 8.16. The van der Waals surface area contributed by atoms with Crippen molar-refractivity contribution in [2.45, 2.75) is 30.8 Å². The largest absolute Gasteiger partial charge is 0.465 e. The number of hydrogen-bond donors (Lipinski definition) is 1. The molecule has 1 aliphatic carbocycles. The highest BCUT2D eigenvalue weighted by molar-refractivity contribution is 7.99. The minimum absolute atomic E-state index is 0.0362. The van der Waals surface area contributed by atoms with Gasteiger partial charge in [0.25, 0.3) is 11.5 Å². The van der Waals surface area contributed by atoms with Crippen LogP contribution in [0.25, 0.3) is 15.9 Å². The van der Waals surface area contributed by atoms with E-state index in [4.69, 9.17) is 4.98 Å². The second-order valence-electron chi connectivity index (χ2n) is 8.46. The van der Waals surface area contributed by atoms with E-state index in [0.717, 1.165) is 36.1 Å². The molecular formula is C27H24N4O4S2. The normalized spacial score (nSPS) is 13.0. The molecule has 0 saturated heterocycles. The van der Waals surface area contributed by atoms with Gasteiger partial charge in [-0.1, -0.05) is 42.1 Å².